The second-order valence-corrected chi connectivity index (χ2v) is 4.04. The van der Waals surface area contributed by atoms with Crippen LogP contribution in [0.3, 0.4) is 0 Å². The van der Waals surface area contributed by atoms with Crippen molar-refractivity contribution in [2.45, 2.75) is 39.3 Å². The van der Waals surface area contributed by atoms with Crippen molar-refractivity contribution in [2.75, 3.05) is 12.5 Å². The van der Waals surface area contributed by atoms with E-state index in [1.165, 1.54) is 12.8 Å². The first-order valence-corrected chi connectivity index (χ1v) is 5.84. The lowest BCUT2D eigenvalue weighted by atomic mass is 10.1. The number of nitrogens with zero attached hydrogens (tertiary/aromatic N) is 2. The number of hydrogen-bond donors (Lipinski definition) is 2. The Bertz CT molecular complexity index is 310. The third-order valence-corrected chi connectivity index (χ3v) is 2.93. The molecule has 0 bridgehead atoms. The molecule has 0 atom stereocenters. The first-order chi connectivity index (χ1) is 7.71. The summed E-state index contributed by atoms with van der Waals surface area (Å²) in [6, 6.07) is 6.48. The van der Waals surface area contributed by atoms with E-state index in [-0.39, 0.29) is 0 Å². The van der Waals surface area contributed by atoms with Crippen LogP contribution >= 0.6 is 0 Å². The predicted molar refractivity (Wildman–Crippen MR) is 67.9 cm³/mol. The lowest BCUT2D eigenvalue weighted by Gasteiger charge is -2.25. The Morgan fingerprint density at radius 1 is 1.38 bits per heavy atom. The molecule has 0 fully saturated rings. The molecule has 90 valence electrons. The van der Waals surface area contributed by atoms with E-state index < -0.39 is 0 Å². The van der Waals surface area contributed by atoms with Crippen LogP contribution in [-0.4, -0.2) is 23.0 Å². The molecule has 0 aliphatic carbocycles. The van der Waals surface area contributed by atoms with Gasteiger partial charge >= 0.3 is 0 Å². The third kappa shape index (κ3) is 3.47. The summed E-state index contributed by atoms with van der Waals surface area (Å²) < 4.78 is 0. The molecule has 1 heterocycles. The highest BCUT2D eigenvalue weighted by Crippen LogP contribution is 2.11. The number of nitrogens with one attached hydrogen (secondary N) is 1. The number of pyridine rings is 1. The molecule has 4 nitrogen and oxygen atoms in total. The fraction of sp³-hybridized carbons (Fsp3) is 0.583. The normalized spacial score (nSPS) is 11.1. The van der Waals surface area contributed by atoms with Gasteiger partial charge in [0, 0.05) is 12.6 Å². The van der Waals surface area contributed by atoms with E-state index in [2.05, 4.69) is 36.2 Å². The van der Waals surface area contributed by atoms with Crippen LogP contribution in [0.4, 0.5) is 5.82 Å². The fourth-order valence-electron chi connectivity index (χ4n) is 1.94. The molecule has 0 aliphatic heterocycles. The second kappa shape index (κ2) is 6.45. The molecule has 1 aromatic rings. The van der Waals surface area contributed by atoms with Gasteiger partial charge in [-0.2, -0.15) is 0 Å². The van der Waals surface area contributed by atoms with Gasteiger partial charge in [-0.1, -0.05) is 19.9 Å². The smallest absolute Gasteiger partial charge is 0.140 e. The van der Waals surface area contributed by atoms with Crippen molar-refractivity contribution in [3.05, 3.63) is 23.9 Å². The minimum atomic E-state index is 0.622. The summed E-state index contributed by atoms with van der Waals surface area (Å²) in [5.41, 5.74) is 3.61. The number of nitrogens with two attached hydrogens (primary N) is 1. The van der Waals surface area contributed by atoms with E-state index in [1.54, 1.807) is 0 Å². The van der Waals surface area contributed by atoms with E-state index >= 15 is 0 Å². The third-order valence-electron chi connectivity index (χ3n) is 2.93. The van der Waals surface area contributed by atoms with Gasteiger partial charge in [0.2, 0.25) is 0 Å². The van der Waals surface area contributed by atoms with E-state index in [0.717, 1.165) is 18.1 Å². The van der Waals surface area contributed by atoms with E-state index in [0.29, 0.717) is 6.04 Å². The lowest BCUT2D eigenvalue weighted by Crippen LogP contribution is -2.30. The zero-order valence-corrected chi connectivity index (χ0v) is 10.4. The van der Waals surface area contributed by atoms with Crippen LogP contribution < -0.4 is 11.3 Å². The number of anilines is 1. The first-order valence-electron chi connectivity index (χ1n) is 5.84. The Balaban J connectivity index is 2.64. The Kier molecular flexibility index (Phi) is 5.22. The van der Waals surface area contributed by atoms with E-state index in [9.17, 15) is 0 Å². The molecule has 0 unspecified atom stereocenters. The molecular formula is C12H22N4. The molecule has 0 amide bonds. The van der Waals surface area contributed by atoms with Crippen molar-refractivity contribution in [1.82, 2.24) is 9.88 Å². The molecule has 0 spiro atoms. The molecule has 16 heavy (non-hydrogen) atoms. The number of nitrogen functional groups attached to an aromatic ring is 1. The van der Waals surface area contributed by atoms with E-state index in [4.69, 9.17) is 5.84 Å². The van der Waals surface area contributed by atoms with Crippen molar-refractivity contribution in [3.63, 3.8) is 0 Å². The molecule has 0 aliphatic rings. The van der Waals surface area contributed by atoms with Gasteiger partial charge in [0.1, 0.15) is 5.82 Å². The predicted octanol–water partition coefficient (Wildman–Crippen LogP) is 1.99. The van der Waals surface area contributed by atoms with Crippen molar-refractivity contribution < 1.29 is 0 Å². The molecule has 3 N–H and O–H groups in total. The van der Waals surface area contributed by atoms with Gasteiger partial charge in [0.25, 0.3) is 0 Å². The average Bonchev–Trinajstić information content (AvgIpc) is 2.31. The van der Waals surface area contributed by atoms with Crippen LogP contribution in [0.1, 0.15) is 32.4 Å². The summed E-state index contributed by atoms with van der Waals surface area (Å²) in [7, 11) is 2.14. The van der Waals surface area contributed by atoms with Crippen molar-refractivity contribution in [3.8, 4) is 0 Å². The average molecular weight is 222 g/mol. The Hall–Kier alpha value is -1.13. The SMILES string of the molecule is CCC(CC)N(C)Cc1cccc(NN)n1. The molecule has 0 aromatic carbocycles. The monoisotopic (exact) mass is 222 g/mol. The van der Waals surface area contributed by atoms with Crippen LogP contribution in [0, 0.1) is 0 Å². The van der Waals surface area contributed by atoms with Gasteiger partial charge in [0.05, 0.1) is 5.69 Å². The van der Waals surface area contributed by atoms with Crippen LogP contribution in [-0.2, 0) is 6.54 Å². The summed E-state index contributed by atoms with van der Waals surface area (Å²) in [4.78, 5) is 6.74. The van der Waals surface area contributed by atoms with Gasteiger partial charge in [-0.05, 0) is 32.0 Å². The summed E-state index contributed by atoms with van der Waals surface area (Å²) in [5, 5.41) is 0. The van der Waals surface area contributed by atoms with Gasteiger partial charge in [0.15, 0.2) is 0 Å². The number of rotatable bonds is 6. The Labute approximate surface area is 97.8 Å². The van der Waals surface area contributed by atoms with Crippen LogP contribution in [0.5, 0.6) is 0 Å². The number of hydrazine groups is 1. The van der Waals surface area contributed by atoms with Crippen molar-refractivity contribution in [2.24, 2.45) is 5.84 Å². The van der Waals surface area contributed by atoms with Crippen LogP contribution in [0.15, 0.2) is 18.2 Å². The first kappa shape index (κ1) is 12.9. The molecule has 1 aromatic heterocycles. The van der Waals surface area contributed by atoms with Crippen LogP contribution in [0.25, 0.3) is 0 Å². The minimum Gasteiger partial charge on any atom is -0.308 e. The Morgan fingerprint density at radius 3 is 2.62 bits per heavy atom. The molecule has 1 rings (SSSR count). The summed E-state index contributed by atoms with van der Waals surface area (Å²) >= 11 is 0. The summed E-state index contributed by atoms with van der Waals surface area (Å²) in [5.74, 6) is 6.05. The zero-order chi connectivity index (χ0) is 12.0. The number of hydrogen-bond acceptors (Lipinski definition) is 4. The standard InChI is InChI=1S/C12H22N4/c1-4-11(5-2)16(3)9-10-7-6-8-12(14-10)15-13/h6-8,11H,4-5,9,13H2,1-3H3,(H,14,15). The Morgan fingerprint density at radius 2 is 2.06 bits per heavy atom. The molecular weight excluding hydrogens is 200 g/mol. The maximum atomic E-state index is 5.34. The molecule has 0 saturated carbocycles. The van der Waals surface area contributed by atoms with Gasteiger partial charge < -0.3 is 5.43 Å². The summed E-state index contributed by atoms with van der Waals surface area (Å²) in [6.45, 7) is 5.30. The maximum Gasteiger partial charge on any atom is 0.140 e. The second-order valence-electron chi connectivity index (χ2n) is 4.04. The van der Waals surface area contributed by atoms with Gasteiger partial charge in [-0.3, -0.25) is 4.90 Å². The molecule has 4 heteroatoms. The van der Waals surface area contributed by atoms with Crippen molar-refractivity contribution >= 4 is 5.82 Å². The van der Waals surface area contributed by atoms with Gasteiger partial charge in [-0.15, -0.1) is 0 Å². The highest BCUT2D eigenvalue weighted by molar-refractivity contribution is 5.33. The topological polar surface area (TPSA) is 54.2 Å². The fourth-order valence-corrected chi connectivity index (χ4v) is 1.94. The highest BCUT2D eigenvalue weighted by atomic mass is 15.3. The highest BCUT2D eigenvalue weighted by Gasteiger charge is 2.11. The lowest BCUT2D eigenvalue weighted by molar-refractivity contribution is 0.219. The molecule has 0 saturated heterocycles. The maximum absolute atomic E-state index is 5.34. The van der Waals surface area contributed by atoms with E-state index in [1.807, 2.05) is 18.2 Å². The zero-order valence-electron chi connectivity index (χ0n) is 10.4. The van der Waals surface area contributed by atoms with Crippen molar-refractivity contribution in [1.29, 1.82) is 0 Å². The minimum absolute atomic E-state index is 0.622. The largest absolute Gasteiger partial charge is 0.308 e. The number of aromatic nitrogens is 1. The quantitative estimate of drug-likeness (QED) is 0.571. The molecule has 0 radical (unpaired) electrons. The van der Waals surface area contributed by atoms with Crippen LogP contribution in [0.2, 0.25) is 0 Å². The van der Waals surface area contributed by atoms with Gasteiger partial charge in [-0.25, -0.2) is 10.8 Å². The summed E-state index contributed by atoms with van der Waals surface area (Å²) in [6.07, 6.45) is 2.34.